The van der Waals surface area contributed by atoms with Crippen LogP contribution in [0.1, 0.15) is 11.1 Å². The van der Waals surface area contributed by atoms with E-state index in [1.165, 1.54) is 11.1 Å². The maximum absolute atomic E-state index is 4.82. The summed E-state index contributed by atoms with van der Waals surface area (Å²) in [6.45, 7) is 4.21. The van der Waals surface area contributed by atoms with Crippen molar-refractivity contribution in [3.05, 3.63) is 96.3 Å². The molecule has 0 fully saturated rings. The quantitative estimate of drug-likeness (QED) is 0.372. The smallest absolute Gasteiger partial charge is 0.138 e. The number of hydrogen-bond donors (Lipinski definition) is 2. The average Bonchev–Trinajstić information content (AvgIpc) is 3.45. The van der Waals surface area contributed by atoms with E-state index in [0.717, 1.165) is 45.3 Å². The van der Waals surface area contributed by atoms with Crippen LogP contribution in [0.5, 0.6) is 0 Å². The lowest BCUT2D eigenvalue weighted by molar-refractivity contribution is 1.28. The summed E-state index contributed by atoms with van der Waals surface area (Å²) in [5.74, 6) is 1.70. The SMILES string of the molecule is Cc1ccccc1-c1c[nH]c(-c2cccc(-c3nc(-c4ccccc4C)c[nH]3)c2)n1. The van der Waals surface area contributed by atoms with Crippen molar-refractivity contribution in [3.8, 4) is 45.3 Å². The van der Waals surface area contributed by atoms with Crippen LogP contribution in [0.15, 0.2) is 85.2 Å². The second kappa shape index (κ2) is 7.48. The van der Waals surface area contributed by atoms with Crippen LogP contribution in [-0.2, 0) is 0 Å². The third-order valence-electron chi connectivity index (χ3n) is 5.41. The maximum Gasteiger partial charge on any atom is 0.138 e. The van der Waals surface area contributed by atoms with Crippen molar-refractivity contribution < 1.29 is 0 Å². The van der Waals surface area contributed by atoms with Crippen LogP contribution in [0.4, 0.5) is 0 Å². The number of benzene rings is 3. The molecule has 5 rings (SSSR count). The second-order valence-electron chi connectivity index (χ2n) is 7.48. The van der Waals surface area contributed by atoms with E-state index in [2.05, 4.69) is 66.3 Å². The van der Waals surface area contributed by atoms with Crippen LogP contribution in [0.3, 0.4) is 0 Å². The minimum atomic E-state index is 0.848. The average molecular weight is 390 g/mol. The molecule has 30 heavy (non-hydrogen) atoms. The van der Waals surface area contributed by atoms with Crippen LogP contribution < -0.4 is 0 Å². The first-order chi connectivity index (χ1) is 14.7. The standard InChI is InChI=1S/C26H22N4/c1-17-8-3-5-12-21(17)23-15-27-25(29-23)19-10-7-11-20(14-19)26-28-16-24(30-26)22-13-6-4-9-18(22)2/h3-16H,1-2H3,(H,27,29)(H,28,30). The van der Waals surface area contributed by atoms with Gasteiger partial charge in [0.15, 0.2) is 0 Å². The number of aromatic nitrogens is 4. The predicted octanol–water partition coefficient (Wildman–Crippen LogP) is 6.42. The van der Waals surface area contributed by atoms with Crippen LogP contribution in [0, 0.1) is 13.8 Å². The molecule has 146 valence electrons. The van der Waals surface area contributed by atoms with Crippen LogP contribution in [0.25, 0.3) is 45.3 Å². The normalized spacial score (nSPS) is 11.0. The number of aryl methyl sites for hydroxylation is 2. The zero-order valence-electron chi connectivity index (χ0n) is 17.0. The predicted molar refractivity (Wildman–Crippen MR) is 122 cm³/mol. The summed E-state index contributed by atoms with van der Waals surface area (Å²) in [5.41, 5.74) is 8.67. The van der Waals surface area contributed by atoms with Gasteiger partial charge in [0.05, 0.1) is 11.4 Å². The molecule has 0 amide bonds. The summed E-state index contributed by atoms with van der Waals surface area (Å²) in [6, 6.07) is 24.9. The van der Waals surface area contributed by atoms with Crippen molar-refractivity contribution in [2.45, 2.75) is 13.8 Å². The molecule has 0 atom stereocenters. The second-order valence-corrected chi connectivity index (χ2v) is 7.48. The summed E-state index contributed by atoms with van der Waals surface area (Å²) in [7, 11) is 0. The Bertz CT molecular complexity index is 1230. The number of hydrogen-bond acceptors (Lipinski definition) is 2. The molecule has 0 spiro atoms. The third kappa shape index (κ3) is 3.33. The minimum Gasteiger partial charge on any atom is -0.344 e. The zero-order valence-corrected chi connectivity index (χ0v) is 17.0. The number of aromatic amines is 2. The lowest BCUT2D eigenvalue weighted by Crippen LogP contribution is -1.86. The van der Waals surface area contributed by atoms with Gasteiger partial charge in [-0.15, -0.1) is 0 Å². The molecule has 2 heterocycles. The Balaban J connectivity index is 1.47. The van der Waals surface area contributed by atoms with E-state index in [-0.39, 0.29) is 0 Å². The van der Waals surface area contributed by atoms with Gasteiger partial charge in [0.2, 0.25) is 0 Å². The molecule has 0 aliphatic rings. The first-order valence-corrected chi connectivity index (χ1v) is 10.0. The number of rotatable bonds is 4. The molecule has 4 heteroatoms. The molecule has 0 unspecified atom stereocenters. The number of H-pyrrole nitrogens is 2. The first-order valence-electron chi connectivity index (χ1n) is 10.0. The van der Waals surface area contributed by atoms with Gasteiger partial charge in [-0.1, -0.05) is 66.7 Å². The van der Waals surface area contributed by atoms with Gasteiger partial charge in [0, 0.05) is 34.6 Å². The van der Waals surface area contributed by atoms with Crippen LogP contribution in [0.2, 0.25) is 0 Å². The van der Waals surface area contributed by atoms with Crippen LogP contribution in [-0.4, -0.2) is 19.9 Å². The van der Waals surface area contributed by atoms with E-state index in [1.807, 2.05) is 42.7 Å². The zero-order chi connectivity index (χ0) is 20.5. The van der Waals surface area contributed by atoms with E-state index in [4.69, 9.17) is 9.97 Å². The molecule has 2 aromatic heterocycles. The lowest BCUT2D eigenvalue weighted by atomic mass is 10.1. The summed E-state index contributed by atoms with van der Waals surface area (Å²) >= 11 is 0. The molecule has 0 saturated heterocycles. The summed E-state index contributed by atoms with van der Waals surface area (Å²) in [4.78, 5) is 16.3. The minimum absolute atomic E-state index is 0.848. The van der Waals surface area contributed by atoms with Gasteiger partial charge in [-0.3, -0.25) is 0 Å². The van der Waals surface area contributed by atoms with Crippen molar-refractivity contribution in [2.24, 2.45) is 0 Å². The fourth-order valence-corrected chi connectivity index (χ4v) is 3.75. The number of nitrogens with one attached hydrogen (secondary N) is 2. The van der Waals surface area contributed by atoms with Crippen molar-refractivity contribution in [1.82, 2.24) is 19.9 Å². The van der Waals surface area contributed by atoms with E-state index >= 15 is 0 Å². The highest BCUT2D eigenvalue weighted by Crippen LogP contribution is 2.28. The first kappa shape index (κ1) is 18.1. The molecule has 0 bridgehead atoms. The monoisotopic (exact) mass is 390 g/mol. The van der Waals surface area contributed by atoms with Crippen LogP contribution >= 0.6 is 0 Å². The van der Waals surface area contributed by atoms with Crippen molar-refractivity contribution in [1.29, 1.82) is 0 Å². The Morgan fingerprint density at radius 3 is 1.50 bits per heavy atom. The number of nitrogens with zero attached hydrogens (tertiary/aromatic N) is 2. The molecule has 2 N–H and O–H groups in total. The van der Waals surface area contributed by atoms with Gasteiger partial charge in [-0.25, -0.2) is 9.97 Å². The summed E-state index contributed by atoms with van der Waals surface area (Å²) in [5, 5.41) is 0. The van der Waals surface area contributed by atoms with E-state index < -0.39 is 0 Å². The van der Waals surface area contributed by atoms with E-state index in [1.54, 1.807) is 0 Å². The summed E-state index contributed by atoms with van der Waals surface area (Å²) < 4.78 is 0. The Labute approximate surface area is 175 Å². The Morgan fingerprint density at radius 2 is 1.03 bits per heavy atom. The Morgan fingerprint density at radius 1 is 0.567 bits per heavy atom. The van der Waals surface area contributed by atoms with E-state index in [9.17, 15) is 0 Å². The molecular formula is C26H22N4. The molecule has 3 aromatic carbocycles. The Kier molecular flexibility index (Phi) is 4.52. The van der Waals surface area contributed by atoms with Crippen molar-refractivity contribution in [3.63, 3.8) is 0 Å². The van der Waals surface area contributed by atoms with Crippen molar-refractivity contribution >= 4 is 0 Å². The van der Waals surface area contributed by atoms with Gasteiger partial charge >= 0.3 is 0 Å². The maximum atomic E-state index is 4.82. The van der Waals surface area contributed by atoms with Gasteiger partial charge in [-0.2, -0.15) is 0 Å². The highest BCUT2D eigenvalue weighted by Gasteiger charge is 2.11. The molecule has 0 saturated carbocycles. The van der Waals surface area contributed by atoms with E-state index in [0.29, 0.717) is 0 Å². The topological polar surface area (TPSA) is 57.4 Å². The fourth-order valence-electron chi connectivity index (χ4n) is 3.75. The molecule has 0 aliphatic heterocycles. The lowest BCUT2D eigenvalue weighted by Gasteiger charge is -2.03. The number of imidazole rings is 2. The van der Waals surface area contributed by atoms with Gasteiger partial charge in [0.25, 0.3) is 0 Å². The molecule has 5 aromatic rings. The summed E-state index contributed by atoms with van der Waals surface area (Å²) in [6.07, 6.45) is 3.93. The highest BCUT2D eigenvalue weighted by molar-refractivity contribution is 5.72. The highest BCUT2D eigenvalue weighted by atomic mass is 14.9. The molecular weight excluding hydrogens is 368 g/mol. The van der Waals surface area contributed by atoms with Crippen molar-refractivity contribution in [2.75, 3.05) is 0 Å². The molecule has 0 radical (unpaired) electrons. The fraction of sp³-hybridized carbons (Fsp3) is 0.0769. The van der Waals surface area contributed by atoms with Gasteiger partial charge in [-0.05, 0) is 31.0 Å². The largest absolute Gasteiger partial charge is 0.344 e. The van der Waals surface area contributed by atoms with Gasteiger partial charge < -0.3 is 9.97 Å². The molecule has 0 aliphatic carbocycles. The van der Waals surface area contributed by atoms with Gasteiger partial charge in [0.1, 0.15) is 11.6 Å². The Hall–Kier alpha value is -3.92. The third-order valence-corrected chi connectivity index (χ3v) is 5.41. The molecule has 4 nitrogen and oxygen atoms in total.